The highest BCUT2D eigenvalue weighted by Gasteiger charge is 2.39. The number of pyridine rings is 1. The van der Waals surface area contributed by atoms with Gasteiger partial charge in [-0.2, -0.15) is 4.98 Å². The van der Waals surface area contributed by atoms with Crippen LogP contribution in [0.3, 0.4) is 0 Å². The topological polar surface area (TPSA) is 117 Å². The molecular weight excluding hydrogens is 406 g/mol. The molecule has 2 atom stereocenters. The highest BCUT2D eigenvalue weighted by molar-refractivity contribution is 7.88. The fourth-order valence-corrected chi connectivity index (χ4v) is 4.49. The van der Waals surface area contributed by atoms with Crippen molar-refractivity contribution in [3.63, 3.8) is 0 Å². The molecule has 10 heteroatoms. The summed E-state index contributed by atoms with van der Waals surface area (Å²) in [7, 11) is -3.96. The van der Waals surface area contributed by atoms with E-state index in [-0.39, 0.29) is 11.0 Å². The number of aliphatic hydroxyl groups is 1. The molecule has 0 aromatic carbocycles. The zero-order valence-corrected chi connectivity index (χ0v) is 17.5. The Morgan fingerprint density at radius 3 is 2.77 bits per heavy atom. The zero-order chi connectivity index (χ0) is 28.7. The molecule has 4 rings (SSSR count). The van der Waals surface area contributed by atoms with Gasteiger partial charge in [0.1, 0.15) is 5.65 Å². The summed E-state index contributed by atoms with van der Waals surface area (Å²) in [6.07, 6.45) is -2.25. The lowest BCUT2D eigenvalue weighted by Gasteiger charge is -2.31. The predicted molar refractivity (Wildman–Crippen MR) is 115 cm³/mol. The average Bonchev–Trinajstić information content (AvgIpc) is 3.08. The van der Waals surface area contributed by atoms with Crippen molar-refractivity contribution in [1.29, 1.82) is 0 Å². The van der Waals surface area contributed by atoms with E-state index in [0.29, 0.717) is 23.6 Å². The average molecular weight is 444 g/mol. The van der Waals surface area contributed by atoms with Gasteiger partial charge in [-0.15, -0.1) is 0 Å². The molecule has 0 bridgehead atoms. The maximum absolute atomic E-state index is 13.4. The van der Waals surface area contributed by atoms with Gasteiger partial charge in [-0.1, -0.05) is 0 Å². The lowest BCUT2D eigenvalue weighted by atomic mass is 9.99. The lowest BCUT2D eigenvalue weighted by molar-refractivity contribution is 0.0266. The Morgan fingerprint density at radius 2 is 2.17 bits per heavy atom. The van der Waals surface area contributed by atoms with Gasteiger partial charge >= 0.3 is 0 Å². The number of fused-ring (bicyclic) bond motifs is 1. The largest absolute Gasteiger partial charge is 0.388 e. The molecule has 2 unspecified atom stereocenters. The van der Waals surface area contributed by atoms with Gasteiger partial charge in [-0.25, -0.2) is 17.7 Å². The minimum Gasteiger partial charge on any atom is -0.388 e. The van der Waals surface area contributed by atoms with E-state index in [1.165, 1.54) is 13.1 Å². The van der Waals surface area contributed by atoms with E-state index in [9.17, 15) is 18.3 Å². The van der Waals surface area contributed by atoms with E-state index in [0.717, 1.165) is 16.9 Å². The Morgan fingerprint density at radius 1 is 1.43 bits per heavy atom. The first kappa shape index (κ1) is 13.4. The first-order valence-electron chi connectivity index (χ1n) is 13.5. The smallest absolute Gasteiger partial charge is 0.255 e. The molecule has 9 nitrogen and oxygen atoms in total. The Hall–Kier alpha value is -2.04. The number of hydrogen-bond donors (Lipinski definition) is 2. The molecule has 2 aromatic rings. The van der Waals surface area contributed by atoms with Gasteiger partial charge < -0.3 is 10.4 Å². The Labute approximate surface area is 187 Å². The number of nitrogens with zero attached hydrogens (tertiary/aromatic N) is 4. The summed E-state index contributed by atoms with van der Waals surface area (Å²) in [5.74, 6) is -0.430. The van der Waals surface area contributed by atoms with Gasteiger partial charge in [-0.3, -0.25) is 9.36 Å². The standard InChI is InChI=1S/C20H29N5O4S/c1-13-11-14-12-21-19(22-15-6-9-24(10-7-15)30(3,28)29)23-17(14)25(18(13)26)16-5-4-8-20(16,2)27/h11-12,15-16,27H,4-10H2,1-3H3,(H,21,22,23)/i1D3,6D2,7D2,15D. The van der Waals surface area contributed by atoms with Crippen LogP contribution < -0.4 is 10.9 Å². The van der Waals surface area contributed by atoms with Gasteiger partial charge in [0.2, 0.25) is 16.0 Å². The molecule has 3 heterocycles. The summed E-state index contributed by atoms with van der Waals surface area (Å²) in [6.45, 7) is -2.83. The lowest BCUT2D eigenvalue weighted by Crippen LogP contribution is -2.42. The van der Waals surface area contributed by atoms with Crippen molar-refractivity contribution in [2.75, 3.05) is 24.7 Å². The summed E-state index contributed by atoms with van der Waals surface area (Å²) in [5, 5.41) is 13.5. The first-order chi connectivity index (χ1) is 17.1. The summed E-state index contributed by atoms with van der Waals surface area (Å²) in [6, 6.07) is -2.46. The zero-order valence-electron chi connectivity index (χ0n) is 24.6. The molecule has 1 saturated carbocycles. The van der Waals surface area contributed by atoms with Gasteiger partial charge in [0.15, 0.2) is 0 Å². The van der Waals surface area contributed by atoms with Gasteiger partial charge in [-0.05, 0) is 51.9 Å². The minimum atomic E-state index is -3.96. The molecule has 1 saturated heterocycles. The van der Waals surface area contributed by atoms with Crippen LogP contribution in [-0.4, -0.2) is 63.3 Å². The molecule has 0 radical (unpaired) electrons. The van der Waals surface area contributed by atoms with E-state index >= 15 is 0 Å². The highest BCUT2D eigenvalue weighted by Crippen LogP contribution is 2.39. The van der Waals surface area contributed by atoms with Gasteiger partial charge in [0.05, 0.1) is 19.3 Å². The van der Waals surface area contributed by atoms with Crippen molar-refractivity contribution in [1.82, 2.24) is 18.8 Å². The number of aryl methyl sites for hydroxylation is 1. The second-order valence-corrected chi connectivity index (χ2v) is 9.84. The molecule has 0 spiro atoms. The van der Waals surface area contributed by atoms with Crippen LogP contribution in [0.25, 0.3) is 11.0 Å². The summed E-state index contributed by atoms with van der Waals surface area (Å²) in [4.78, 5) is 21.7. The number of anilines is 1. The van der Waals surface area contributed by atoms with Crippen LogP contribution in [0.2, 0.25) is 0 Å². The third kappa shape index (κ3) is 3.95. The fourth-order valence-electron chi connectivity index (χ4n) is 3.90. The van der Waals surface area contributed by atoms with Crippen LogP contribution in [-0.2, 0) is 10.0 Å². The number of hydrogen-bond acceptors (Lipinski definition) is 7. The molecule has 0 amide bonds. The van der Waals surface area contributed by atoms with Crippen molar-refractivity contribution in [3.05, 3.63) is 28.2 Å². The minimum absolute atomic E-state index is 0.0778. The molecule has 1 aliphatic carbocycles. The molecule has 1 aliphatic heterocycles. The van der Waals surface area contributed by atoms with Crippen molar-refractivity contribution in [3.8, 4) is 0 Å². The van der Waals surface area contributed by atoms with Crippen LogP contribution in [0.5, 0.6) is 0 Å². The molecule has 30 heavy (non-hydrogen) atoms. The van der Waals surface area contributed by atoms with E-state index in [4.69, 9.17) is 11.0 Å². The molecular formula is C20H29N5O4S. The van der Waals surface area contributed by atoms with Crippen LogP contribution in [0.15, 0.2) is 17.1 Å². The number of rotatable bonds is 4. The second kappa shape index (κ2) is 7.58. The van der Waals surface area contributed by atoms with Crippen molar-refractivity contribution in [2.45, 2.75) is 63.4 Å². The van der Waals surface area contributed by atoms with E-state index in [2.05, 4.69) is 15.3 Å². The number of piperidine rings is 1. The van der Waals surface area contributed by atoms with Crippen LogP contribution in [0.1, 0.15) is 61.5 Å². The van der Waals surface area contributed by atoms with E-state index < -0.39 is 77.4 Å². The highest BCUT2D eigenvalue weighted by atomic mass is 32.2. The second-order valence-electron chi connectivity index (χ2n) is 7.86. The van der Waals surface area contributed by atoms with E-state index in [1.54, 1.807) is 0 Å². The molecule has 164 valence electrons. The van der Waals surface area contributed by atoms with Crippen LogP contribution >= 0.6 is 0 Å². The van der Waals surface area contributed by atoms with Gasteiger partial charge in [0, 0.05) is 45.8 Å². The fraction of sp³-hybridized carbons (Fsp3) is 0.650. The normalized spacial score (nSPS) is 35.1. The molecule has 2 fully saturated rings. The monoisotopic (exact) mass is 443 g/mol. The maximum atomic E-state index is 13.4. The number of sulfonamides is 1. The maximum Gasteiger partial charge on any atom is 0.255 e. The predicted octanol–water partition coefficient (Wildman–Crippen LogP) is 1.41. The Kier molecular flexibility index (Phi) is 3.38. The van der Waals surface area contributed by atoms with Crippen molar-refractivity contribution < 1.29 is 24.5 Å². The first-order valence-corrected chi connectivity index (χ1v) is 11.3. The van der Waals surface area contributed by atoms with Gasteiger partial charge in [0.25, 0.3) is 5.56 Å². The molecule has 2 aromatic heterocycles. The summed E-state index contributed by atoms with van der Waals surface area (Å²) >= 11 is 0. The quantitative estimate of drug-likeness (QED) is 0.734. The summed E-state index contributed by atoms with van der Waals surface area (Å²) < 4.78 is 91.4. The SMILES string of the molecule is [2H]C([2H])([2H])c1cc2cnc(NC3([2H])C([2H])([2H])CN(S(C)(=O)=O)CC3([2H])[2H])nc2n(C2CCCC2(C)O)c1=O. The van der Waals surface area contributed by atoms with Crippen molar-refractivity contribution >= 4 is 27.0 Å². The number of aromatic nitrogens is 3. The Balaban J connectivity index is 1.88. The van der Waals surface area contributed by atoms with Crippen LogP contribution in [0.4, 0.5) is 5.95 Å². The third-order valence-electron chi connectivity index (χ3n) is 5.53. The number of nitrogens with one attached hydrogen (secondary N) is 1. The van der Waals surface area contributed by atoms with E-state index in [1.807, 2.05) is 0 Å². The molecule has 2 aliphatic rings. The third-order valence-corrected chi connectivity index (χ3v) is 6.73. The van der Waals surface area contributed by atoms with Crippen molar-refractivity contribution in [2.24, 2.45) is 0 Å². The Bertz CT molecular complexity index is 1430. The molecule has 2 N–H and O–H groups in total. The van der Waals surface area contributed by atoms with Crippen LogP contribution in [0, 0.1) is 6.85 Å². The summed E-state index contributed by atoms with van der Waals surface area (Å²) in [5.41, 5.74) is -2.81.